The molecule has 0 saturated heterocycles. The first-order valence-electron chi connectivity index (χ1n) is 8.08. The third-order valence-corrected chi connectivity index (χ3v) is 3.97. The molecular formula is C19H18N6. The van der Waals surface area contributed by atoms with Gasteiger partial charge in [-0.1, -0.05) is 24.3 Å². The molecule has 0 aliphatic carbocycles. The largest absolute Gasteiger partial charge is 0.359 e. The summed E-state index contributed by atoms with van der Waals surface area (Å²) in [5.74, 6) is 1.59. The van der Waals surface area contributed by atoms with Gasteiger partial charge in [0.1, 0.15) is 11.3 Å². The van der Waals surface area contributed by atoms with Gasteiger partial charge < -0.3 is 15.2 Å². The molecule has 4 rings (SSSR count). The highest BCUT2D eigenvalue weighted by Crippen LogP contribution is 2.24. The number of pyridine rings is 2. The molecule has 0 aliphatic heterocycles. The predicted molar refractivity (Wildman–Crippen MR) is 100 cm³/mol. The van der Waals surface area contributed by atoms with Gasteiger partial charge in [-0.2, -0.15) is 0 Å². The summed E-state index contributed by atoms with van der Waals surface area (Å²) in [7, 11) is 1.87. The molecule has 0 spiro atoms. The number of benzene rings is 1. The second-order valence-electron chi connectivity index (χ2n) is 5.68. The van der Waals surface area contributed by atoms with Gasteiger partial charge in [0.25, 0.3) is 0 Å². The SMILES string of the molecule is CNc1nc2cnc(Nc3ccccc3)cc2n1Cc1cccnc1. The van der Waals surface area contributed by atoms with Crippen molar-refractivity contribution in [3.8, 4) is 0 Å². The van der Waals surface area contributed by atoms with Crippen LogP contribution in [0.5, 0.6) is 0 Å². The van der Waals surface area contributed by atoms with Crippen LogP contribution in [0.3, 0.4) is 0 Å². The van der Waals surface area contributed by atoms with E-state index in [4.69, 9.17) is 0 Å². The summed E-state index contributed by atoms with van der Waals surface area (Å²) in [6.45, 7) is 0.690. The smallest absolute Gasteiger partial charge is 0.203 e. The molecule has 124 valence electrons. The zero-order chi connectivity index (χ0) is 17.1. The molecule has 4 aromatic rings. The van der Waals surface area contributed by atoms with Gasteiger partial charge in [-0.05, 0) is 23.8 Å². The number of hydrogen-bond acceptors (Lipinski definition) is 5. The maximum Gasteiger partial charge on any atom is 0.203 e. The Morgan fingerprint density at radius 2 is 1.92 bits per heavy atom. The molecule has 6 nitrogen and oxygen atoms in total. The lowest BCUT2D eigenvalue weighted by Gasteiger charge is -2.09. The Morgan fingerprint density at radius 1 is 1.04 bits per heavy atom. The van der Waals surface area contributed by atoms with Crippen molar-refractivity contribution in [1.82, 2.24) is 19.5 Å². The van der Waals surface area contributed by atoms with E-state index in [0.29, 0.717) is 6.54 Å². The lowest BCUT2D eigenvalue weighted by atomic mass is 10.2. The molecule has 1 aromatic carbocycles. The van der Waals surface area contributed by atoms with Crippen LogP contribution in [-0.2, 0) is 6.54 Å². The minimum atomic E-state index is 0.690. The lowest BCUT2D eigenvalue weighted by molar-refractivity contribution is 0.827. The molecule has 0 amide bonds. The molecule has 0 unspecified atom stereocenters. The standard InChI is InChI=1S/C19H18N6/c1-20-19-24-16-12-22-18(23-15-7-3-2-4-8-15)10-17(16)25(19)13-14-6-5-9-21-11-14/h2-12H,13H2,1H3,(H,20,24)(H,22,23). The van der Waals surface area contributed by atoms with Gasteiger partial charge in [-0.15, -0.1) is 0 Å². The number of nitrogens with one attached hydrogen (secondary N) is 2. The number of fused-ring (bicyclic) bond motifs is 1. The molecule has 0 aliphatic rings. The number of anilines is 3. The van der Waals surface area contributed by atoms with E-state index in [1.54, 1.807) is 12.4 Å². The van der Waals surface area contributed by atoms with Crippen LogP contribution >= 0.6 is 0 Å². The lowest BCUT2D eigenvalue weighted by Crippen LogP contribution is -2.05. The molecule has 0 fully saturated rings. The fraction of sp³-hybridized carbons (Fsp3) is 0.105. The van der Waals surface area contributed by atoms with Gasteiger partial charge in [-0.25, -0.2) is 9.97 Å². The maximum atomic E-state index is 4.62. The minimum absolute atomic E-state index is 0.690. The van der Waals surface area contributed by atoms with Crippen molar-refractivity contribution in [3.63, 3.8) is 0 Å². The van der Waals surface area contributed by atoms with E-state index in [0.717, 1.165) is 34.1 Å². The number of para-hydroxylation sites is 1. The van der Waals surface area contributed by atoms with Crippen molar-refractivity contribution in [1.29, 1.82) is 0 Å². The van der Waals surface area contributed by atoms with Crippen molar-refractivity contribution >= 4 is 28.5 Å². The van der Waals surface area contributed by atoms with E-state index < -0.39 is 0 Å². The van der Waals surface area contributed by atoms with Gasteiger partial charge in [0.05, 0.1) is 18.3 Å². The van der Waals surface area contributed by atoms with Gasteiger partial charge in [-0.3, -0.25) is 4.98 Å². The first-order valence-corrected chi connectivity index (χ1v) is 8.08. The summed E-state index contributed by atoms with van der Waals surface area (Å²) in [5, 5.41) is 6.49. The van der Waals surface area contributed by atoms with Crippen LogP contribution in [0.25, 0.3) is 11.0 Å². The number of hydrogen-bond donors (Lipinski definition) is 2. The van der Waals surface area contributed by atoms with Crippen LogP contribution in [0.2, 0.25) is 0 Å². The normalized spacial score (nSPS) is 10.8. The van der Waals surface area contributed by atoms with Gasteiger partial charge in [0.2, 0.25) is 5.95 Å². The molecule has 0 radical (unpaired) electrons. The molecule has 0 saturated carbocycles. The van der Waals surface area contributed by atoms with Crippen molar-refractivity contribution in [2.75, 3.05) is 17.7 Å². The molecule has 25 heavy (non-hydrogen) atoms. The Kier molecular flexibility index (Phi) is 4.00. The van der Waals surface area contributed by atoms with Crippen LogP contribution in [0, 0.1) is 0 Å². The zero-order valence-corrected chi connectivity index (χ0v) is 13.8. The van der Waals surface area contributed by atoms with E-state index in [-0.39, 0.29) is 0 Å². The van der Waals surface area contributed by atoms with Gasteiger partial charge in [0, 0.05) is 31.2 Å². The van der Waals surface area contributed by atoms with Crippen LogP contribution in [0.1, 0.15) is 5.56 Å². The topological polar surface area (TPSA) is 67.7 Å². The average molecular weight is 330 g/mol. The summed E-state index contributed by atoms with van der Waals surface area (Å²) in [6.07, 6.45) is 5.44. The molecule has 0 bridgehead atoms. The zero-order valence-electron chi connectivity index (χ0n) is 13.8. The fourth-order valence-electron chi connectivity index (χ4n) is 2.79. The van der Waals surface area contributed by atoms with E-state index >= 15 is 0 Å². The van der Waals surface area contributed by atoms with E-state index in [2.05, 4.69) is 36.2 Å². The Morgan fingerprint density at radius 3 is 2.68 bits per heavy atom. The van der Waals surface area contributed by atoms with Crippen LogP contribution in [0.15, 0.2) is 67.1 Å². The molecular weight excluding hydrogens is 312 g/mol. The quantitative estimate of drug-likeness (QED) is 0.584. The highest BCUT2D eigenvalue weighted by molar-refractivity contribution is 5.81. The Labute approximate surface area is 145 Å². The third-order valence-electron chi connectivity index (χ3n) is 3.97. The summed E-state index contributed by atoms with van der Waals surface area (Å²) in [5.41, 5.74) is 3.99. The van der Waals surface area contributed by atoms with Crippen molar-refractivity contribution < 1.29 is 0 Å². The Balaban J connectivity index is 1.74. The number of nitrogens with zero attached hydrogens (tertiary/aromatic N) is 4. The van der Waals surface area contributed by atoms with Crippen molar-refractivity contribution in [2.45, 2.75) is 6.54 Å². The molecule has 2 N–H and O–H groups in total. The monoisotopic (exact) mass is 330 g/mol. The minimum Gasteiger partial charge on any atom is -0.359 e. The fourth-order valence-corrected chi connectivity index (χ4v) is 2.79. The first-order chi connectivity index (χ1) is 12.3. The maximum absolute atomic E-state index is 4.62. The first kappa shape index (κ1) is 15.1. The van der Waals surface area contributed by atoms with E-state index in [1.807, 2.05) is 55.7 Å². The van der Waals surface area contributed by atoms with Crippen molar-refractivity contribution in [3.05, 3.63) is 72.7 Å². The predicted octanol–water partition coefficient (Wildman–Crippen LogP) is 3.66. The van der Waals surface area contributed by atoms with Crippen molar-refractivity contribution in [2.24, 2.45) is 0 Å². The number of imidazole rings is 1. The number of aromatic nitrogens is 4. The van der Waals surface area contributed by atoms with Crippen LogP contribution < -0.4 is 10.6 Å². The van der Waals surface area contributed by atoms with Crippen LogP contribution in [0.4, 0.5) is 17.5 Å². The second kappa shape index (κ2) is 6.60. The second-order valence-corrected chi connectivity index (χ2v) is 5.68. The van der Waals surface area contributed by atoms with Gasteiger partial charge >= 0.3 is 0 Å². The molecule has 3 heterocycles. The Hall–Kier alpha value is -3.41. The summed E-state index contributed by atoms with van der Waals surface area (Å²) >= 11 is 0. The summed E-state index contributed by atoms with van der Waals surface area (Å²) in [6, 6.07) is 16.0. The summed E-state index contributed by atoms with van der Waals surface area (Å²) in [4.78, 5) is 13.3. The van der Waals surface area contributed by atoms with Crippen LogP contribution in [-0.4, -0.2) is 26.6 Å². The third kappa shape index (κ3) is 3.14. The molecule has 0 atom stereocenters. The van der Waals surface area contributed by atoms with Gasteiger partial charge in [0.15, 0.2) is 0 Å². The van der Waals surface area contributed by atoms with E-state index in [1.165, 1.54) is 0 Å². The van der Waals surface area contributed by atoms with E-state index in [9.17, 15) is 0 Å². The molecule has 3 aromatic heterocycles. The average Bonchev–Trinajstić information content (AvgIpc) is 3.00. The highest BCUT2D eigenvalue weighted by Gasteiger charge is 2.12. The number of rotatable bonds is 5. The summed E-state index contributed by atoms with van der Waals surface area (Å²) < 4.78 is 2.13. The Bertz CT molecular complexity index is 979. The highest BCUT2D eigenvalue weighted by atomic mass is 15.2. The molecule has 6 heteroatoms.